The van der Waals surface area contributed by atoms with Gasteiger partial charge in [-0.25, -0.2) is 0 Å². The first-order valence-corrected chi connectivity index (χ1v) is 9.73. The van der Waals surface area contributed by atoms with Crippen LogP contribution in [0.1, 0.15) is 26.7 Å². The number of hydrogen-bond acceptors (Lipinski definition) is 7. The minimum atomic E-state index is -0.487. The molecule has 2 aliphatic rings. The van der Waals surface area contributed by atoms with Crippen molar-refractivity contribution in [1.82, 2.24) is 25.1 Å². The molecule has 0 spiro atoms. The smallest absolute Gasteiger partial charge is 0.266 e. The SMILES string of the molecule is CC(C)C1=NOC(C(=O)N2CCCN(c3nnnn3-c3ccccc3)CC2)C1. The standard InChI is InChI=1S/C19H25N7O2/c1-14(2)16-13-17(28-21-16)18(27)24-9-6-10-25(12-11-24)19-20-22-23-26(19)15-7-4-3-5-8-15/h3-5,7-8,14,17H,6,9-13H2,1-2H3. The third kappa shape index (κ3) is 3.69. The van der Waals surface area contributed by atoms with Gasteiger partial charge in [-0.3, -0.25) is 4.79 Å². The van der Waals surface area contributed by atoms with Gasteiger partial charge in [0.15, 0.2) is 0 Å². The molecule has 4 rings (SSSR count). The molecular weight excluding hydrogens is 358 g/mol. The van der Waals surface area contributed by atoms with Crippen molar-refractivity contribution >= 4 is 17.6 Å². The molecule has 0 aliphatic carbocycles. The van der Waals surface area contributed by atoms with Crippen molar-refractivity contribution in [2.75, 3.05) is 31.1 Å². The molecule has 28 heavy (non-hydrogen) atoms. The zero-order valence-corrected chi connectivity index (χ0v) is 16.2. The van der Waals surface area contributed by atoms with E-state index in [2.05, 4.69) is 39.4 Å². The van der Waals surface area contributed by atoms with E-state index in [1.54, 1.807) is 4.68 Å². The zero-order chi connectivity index (χ0) is 19.5. The minimum Gasteiger partial charge on any atom is -0.382 e. The number of amides is 1. The Morgan fingerprint density at radius 3 is 2.71 bits per heavy atom. The maximum Gasteiger partial charge on any atom is 0.266 e. The molecule has 2 aliphatic heterocycles. The Bertz CT molecular complexity index is 849. The van der Waals surface area contributed by atoms with Crippen LogP contribution in [0.2, 0.25) is 0 Å². The largest absolute Gasteiger partial charge is 0.382 e. The third-order valence-corrected chi connectivity index (χ3v) is 5.18. The molecule has 1 aromatic heterocycles. The molecule has 3 heterocycles. The second-order valence-corrected chi connectivity index (χ2v) is 7.43. The summed E-state index contributed by atoms with van der Waals surface area (Å²) in [7, 11) is 0. The summed E-state index contributed by atoms with van der Waals surface area (Å²) in [4.78, 5) is 22.3. The number of oxime groups is 1. The fraction of sp³-hybridized carbons (Fsp3) is 0.526. The Labute approximate surface area is 163 Å². The van der Waals surface area contributed by atoms with E-state index in [-0.39, 0.29) is 5.91 Å². The number of anilines is 1. The Balaban J connectivity index is 1.41. The quantitative estimate of drug-likeness (QED) is 0.795. The van der Waals surface area contributed by atoms with Crippen LogP contribution in [0.15, 0.2) is 35.5 Å². The van der Waals surface area contributed by atoms with Gasteiger partial charge in [-0.2, -0.15) is 4.68 Å². The molecule has 1 aromatic carbocycles. The highest BCUT2D eigenvalue weighted by Crippen LogP contribution is 2.21. The van der Waals surface area contributed by atoms with E-state index in [9.17, 15) is 4.79 Å². The monoisotopic (exact) mass is 383 g/mol. The molecule has 0 N–H and O–H groups in total. The molecular formula is C19H25N7O2. The molecule has 1 amide bonds. The van der Waals surface area contributed by atoms with Gasteiger partial charge in [0, 0.05) is 32.6 Å². The van der Waals surface area contributed by atoms with Crippen LogP contribution in [0.25, 0.3) is 5.69 Å². The van der Waals surface area contributed by atoms with Crippen LogP contribution in [0.4, 0.5) is 5.95 Å². The third-order valence-electron chi connectivity index (χ3n) is 5.18. The fourth-order valence-electron chi connectivity index (χ4n) is 3.53. The van der Waals surface area contributed by atoms with Gasteiger partial charge in [0.25, 0.3) is 5.91 Å². The first-order valence-electron chi connectivity index (χ1n) is 9.73. The number of nitrogens with zero attached hydrogens (tertiary/aromatic N) is 7. The lowest BCUT2D eigenvalue weighted by atomic mass is 10.0. The van der Waals surface area contributed by atoms with Crippen molar-refractivity contribution < 1.29 is 9.63 Å². The van der Waals surface area contributed by atoms with Crippen molar-refractivity contribution in [3.63, 3.8) is 0 Å². The van der Waals surface area contributed by atoms with Crippen molar-refractivity contribution in [3.05, 3.63) is 30.3 Å². The molecule has 148 valence electrons. The highest BCUT2D eigenvalue weighted by Gasteiger charge is 2.33. The van der Waals surface area contributed by atoms with E-state index in [0.717, 1.165) is 24.4 Å². The lowest BCUT2D eigenvalue weighted by molar-refractivity contribution is -0.141. The summed E-state index contributed by atoms with van der Waals surface area (Å²) in [5.41, 5.74) is 1.87. The Hall–Kier alpha value is -2.97. The van der Waals surface area contributed by atoms with Gasteiger partial charge in [-0.1, -0.05) is 42.3 Å². The molecule has 2 aromatic rings. The average molecular weight is 383 g/mol. The summed E-state index contributed by atoms with van der Waals surface area (Å²) in [5.74, 6) is 1.02. The van der Waals surface area contributed by atoms with Crippen molar-refractivity contribution in [2.45, 2.75) is 32.8 Å². The summed E-state index contributed by atoms with van der Waals surface area (Å²) in [6.45, 7) is 6.89. The van der Waals surface area contributed by atoms with Crippen molar-refractivity contribution in [2.24, 2.45) is 11.1 Å². The van der Waals surface area contributed by atoms with Crippen molar-refractivity contribution in [1.29, 1.82) is 0 Å². The topological polar surface area (TPSA) is 88.7 Å². The van der Waals surface area contributed by atoms with Crippen LogP contribution in [0, 0.1) is 5.92 Å². The summed E-state index contributed by atoms with van der Waals surface area (Å²) >= 11 is 0. The summed E-state index contributed by atoms with van der Waals surface area (Å²) < 4.78 is 1.74. The minimum absolute atomic E-state index is 0.0175. The second kappa shape index (κ2) is 7.95. The molecule has 0 saturated carbocycles. The number of rotatable bonds is 4. The molecule has 1 fully saturated rings. The first-order chi connectivity index (χ1) is 13.6. The van der Waals surface area contributed by atoms with Crippen LogP contribution >= 0.6 is 0 Å². The molecule has 1 unspecified atom stereocenters. The summed E-state index contributed by atoms with van der Waals surface area (Å²) in [6, 6.07) is 9.81. The Morgan fingerprint density at radius 1 is 1.14 bits per heavy atom. The number of para-hydroxylation sites is 1. The predicted octanol–water partition coefficient (Wildman–Crippen LogP) is 1.50. The number of carbonyl (C=O) groups is 1. The van der Waals surface area contributed by atoms with Crippen LogP contribution in [0.5, 0.6) is 0 Å². The van der Waals surface area contributed by atoms with E-state index >= 15 is 0 Å². The summed E-state index contributed by atoms with van der Waals surface area (Å²) in [6.07, 6.45) is 0.944. The first kappa shape index (κ1) is 18.4. The van der Waals surface area contributed by atoms with Crippen LogP contribution in [0.3, 0.4) is 0 Å². The molecule has 0 bridgehead atoms. The number of benzene rings is 1. The highest BCUT2D eigenvalue weighted by molar-refractivity contribution is 5.93. The van der Waals surface area contributed by atoms with Gasteiger partial charge >= 0.3 is 0 Å². The van der Waals surface area contributed by atoms with Gasteiger partial charge in [-0.05, 0) is 34.9 Å². The number of carbonyl (C=O) groups excluding carboxylic acids is 1. The van der Waals surface area contributed by atoms with Gasteiger partial charge in [-0.15, -0.1) is 0 Å². The molecule has 1 saturated heterocycles. The van der Waals surface area contributed by atoms with Gasteiger partial charge in [0.1, 0.15) is 0 Å². The van der Waals surface area contributed by atoms with Gasteiger partial charge in [0.2, 0.25) is 12.1 Å². The second-order valence-electron chi connectivity index (χ2n) is 7.43. The number of hydrogen-bond donors (Lipinski definition) is 0. The van der Waals surface area contributed by atoms with E-state index < -0.39 is 6.10 Å². The van der Waals surface area contributed by atoms with Crippen LogP contribution < -0.4 is 4.90 Å². The molecule has 9 heteroatoms. The van der Waals surface area contributed by atoms with Crippen LogP contribution in [-0.2, 0) is 9.63 Å². The Morgan fingerprint density at radius 2 is 1.96 bits per heavy atom. The fourth-order valence-corrected chi connectivity index (χ4v) is 3.53. The predicted molar refractivity (Wildman–Crippen MR) is 104 cm³/mol. The van der Waals surface area contributed by atoms with Gasteiger partial charge < -0.3 is 14.6 Å². The average Bonchev–Trinajstić information content (AvgIpc) is 3.34. The van der Waals surface area contributed by atoms with Crippen molar-refractivity contribution in [3.8, 4) is 5.69 Å². The number of tetrazole rings is 1. The lowest BCUT2D eigenvalue weighted by Gasteiger charge is -2.23. The van der Waals surface area contributed by atoms with Gasteiger partial charge in [0.05, 0.1) is 11.4 Å². The summed E-state index contributed by atoms with van der Waals surface area (Å²) in [5, 5.41) is 16.3. The van der Waals surface area contributed by atoms with Crippen LogP contribution in [-0.4, -0.2) is 69.0 Å². The van der Waals surface area contributed by atoms with E-state index in [1.807, 2.05) is 35.2 Å². The maximum atomic E-state index is 12.9. The highest BCUT2D eigenvalue weighted by atomic mass is 16.6. The van der Waals surface area contributed by atoms with E-state index in [1.165, 1.54) is 0 Å². The Kier molecular flexibility index (Phi) is 5.23. The zero-order valence-electron chi connectivity index (χ0n) is 16.2. The van der Waals surface area contributed by atoms with E-state index in [0.29, 0.717) is 37.9 Å². The normalized spacial score (nSPS) is 20.1. The van der Waals surface area contributed by atoms with E-state index in [4.69, 9.17) is 4.84 Å². The maximum absolute atomic E-state index is 12.9. The molecule has 9 nitrogen and oxygen atoms in total. The molecule has 0 radical (unpaired) electrons. The molecule has 1 atom stereocenters. The number of aromatic nitrogens is 4. The lowest BCUT2D eigenvalue weighted by Crippen LogP contribution is -2.41.